The maximum absolute atomic E-state index is 9.93. The molecule has 0 atom stereocenters. The fourth-order valence-corrected chi connectivity index (χ4v) is 1.88. The van der Waals surface area contributed by atoms with Crippen LogP contribution in [0.15, 0.2) is 47.9 Å². The minimum atomic E-state index is 0.0449. The third kappa shape index (κ3) is 3.33. The number of ether oxygens (including phenoxy) is 2. The summed E-state index contributed by atoms with van der Waals surface area (Å²) in [7, 11) is 2.98. The Labute approximate surface area is 128 Å². The van der Waals surface area contributed by atoms with Gasteiger partial charge in [-0.05, 0) is 24.3 Å². The first-order chi connectivity index (χ1) is 10.7. The van der Waals surface area contributed by atoms with Crippen LogP contribution in [0.2, 0.25) is 0 Å². The highest BCUT2D eigenvalue weighted by Gasteiger charge is 2.04. The van der Waals surface area contributed by atoms with E-state index < -0.39 is 0 Å². The molecule has 2 N–H and O–H groups in total. The summed E-state index contributed by atoms with van der Waals surface area (Å²) >= 11 is 0. The standard InChI is InChI=1S/C18H16O4/c1-21-15-11-5-9-13(17(15)19)7-3-4-8-14-10-6-12-16(22-2)18(14)20/h5-12,19-20H,1-2H3. The number of methoxy groups -OCH3 is 2. The maximum atomic E-state index is 9.93. The van der Waals surface area contributed by atoms with Crippen molar-refractivity contribution in [3.63, 3.8) is 0 Å². The van der Waals surface area contributed by atoms with Crippen LogP contribution in [0.4, 0.5) is 0 Å². The van der Waals surface area contributed by atoms with Crippen molar-refractivity contribution >= 4 is 12.2 Å². The smallest absolute Gasteiger partial charge is 0.165 e. The van der Waals surface area contributed by atoms with E-state index in [0.29, 0.717) is 22.6 Å². The topological polar surface area (TPSA) is 58.9 Å². The quantitative estimate of drug-likeness (QED) is 0.846. The van der Waals surface area contributed by atoms with E-state index in [9.17, 15) is 10.2 Å². The van der Waals surface area contributed by atoms with Gasteiger partial charge in [-0.3, -0.25) is 0 Å². The number of phenolic OH excluding ortho intramolecular Hbond substituents is 2. The number of benzene rings is 2. The molecule has 112 valence electrons. The Morgan fingerprint density at radius 2 is 1.18 bits per heavy atom. The van der Waals surface area contributed by atoms with E-state index in [1.807, 2.05) is 0 Å². The molecule has 0 radical (unpaired) electrons. The zero-order valence-electron chi connectivity index (χ0n) is 12.3. The first-order valence-electron chi connectivity index (χ1n) is 6.56. The van der Waals surface area contributed by atoms with Crippen molar-refractivity contribution in [2.75, 3.05) is 14.2 Å². The molecule has 4 heteroatoms. The van der Waals surface area contributed by atoms with Gasteiger partial charge in [0.1, 0.15) is 0 Å². The molecular weight excluding hydrogens is 280 g/mol. The lowest BCUT2D eigenvalue weighted by Gasteiger charge is -2.04. The molecule has 0 unspecified atom stereocenters. The van der Waals surface area contributed by atoms with Gasteiger partial charge in [0.05, 0.1) is 14.2 Å². The summed E-state index contributed by atoms with van der Waals surface area (Å²) in [6, 6.07) is 10.3. The highest BCUT2D eigenvalue weighted by molar-refractivity contribution is 5.64. The Morgan fingerprint density at radius 3 is 1.55 bits per heavy atom. The molecule has 0 aliphatic rings. The lowest BCUT2D eigenvalue weighted by atomic mass is 10.1. The van der Waals surface area contributed by atoms with Gasteiger partial charge in [0.15, 0.2) is 23.0 Å². The summed E-state index contributed by atoms with van der Waals surface area (Å²) in [6.07, 6.45) is 3.15. The van der Waals surface area contributed by atoms with E-state index in [-0.39, 0.29) is 11.5 Å². The molecule has 0 amide bonds. The predicted octanol–water partition coefficient (Wildman–Crippen LogP) is 3.60. The Hall–Kier alpha value is -3.06. The zero-order chi connectivity index (χ0) is 15.9. The number of para-hydroxylation sites is 2. The molecule has 0 spiro atoms. The monoisotopic (exact) mass is 296 g/mol. The third-order valence-electron chi connectivity index (χ3n) is 3.04. The van der Waals surface area contributed by atoms with Gasteiger partial charge in [-0.2, -0.15) is 0 Å². The summed E-state index contributed by atoms with van der Waals surface area (Å²) in [4.78, 5) is 0. The first-order valence-corrected chi connectivity index (χ1v) is 6.56. The van der Waals surface area contributed by atoms with Crippen molar-refractivity contribution in [3.05, 3.63) is 59.0 Å². The van der Waals surface area contributed by atoms with Gasteiger partial charge in [-0.15, -0.1) is 0 Å². The Bertz CT molecular complexity index is 699. The molecule has 0 saturated heterocycles. The van der Waals surface area contributed by atoms with Crippen molar-refractivity contribution in [2.24, 2.45) is 0 Å². The molecule has 0 fully saturated rings. The van der Waals surface area contributed by atoms with Crippen LogP contribution in [0.3, 0.4) is 0 Å². The van der Waals surface area contributed by atoms with Crippen molar-refractivity contribution in [1.82, 2.24) is 0 Å². The Kier molecular flexibility index (Phi) is 4.94. The van der Waals surface area contributed by atoms with Gasteiger partial charge in [-0.1, -0.05) is 35.7 Å². The van der Waals surface area contributed by atoms with Gasteiger partial charge in [0, 0.05) is 11.1 Å². The number of rotatable bonds is 4. The van der Waals surface area contributed by atoms with Crippen molar-refractivity contribution in [1.29, 1.82) is 0 Å². The van der Waals surface area contributed by atoms with Crippen LogP contribution in [0.5, 0.6) is 23.0 Å². The second-order valence-corrected chi connectivity index (χ2v) is 4.37. The largest absolute Gasteiger partial charge is 0.504 e. The zero-order valence-corrected chi connectivity index (χ0v) is 12.3. The normalized spacial score (nSPS) is 9.36. The molecule has 0 heterocycles. The van der Waals surface area contributed by atoms with Gasteiger partial charge in [0.25, 0.3) is 0 Å². The first kappa shape index (κ1) is 15.3. The van der Waals surface area contributed by atoms with Crippen LogP contribution in [0.1, 0.15) is 11.1 Å². The molecule has 22 heavy (non-hydrogen) atoms. The second-order valence-electron chi connectivity index (χ2n) is 4.37. The fraction of sp³-hybridized carbons (Fsp3) is 0.111. The van der Waals surface area contributed by atoms with E-state index >= 15 is 0 Å². The van der Waals surface area contributed by atoms with E-state index in [1.165, 1.54) is 14.2 Å². The molecule has 2 aromatic carbocycles. The maximum Gasteiger partial charge on any atom is 0.165 e. The van der Waals surface area contributed by atoms with E-state index in [4.69, 9.17) is 9.47 Å². The number of hydrogen-bond acceptors (Lipinski definition) is 4. The summed E-state index contributed by atoms with van der Waals surface area (Å²) in [5.74, 6) is 0.877. The van der Waals surface area contributed by atoms with E-state index in [1.54, 1.807) is 48.6 Å². The number of aromatic hydroxyl groups is 2. The van der Waals surface area contributed by atoms with Gasteiger partial charge in [-0.25, -0.2) is 0 Å². The van der Waals surface area contributed by atoms with Crippen LogP contribution in [0.25, 0.3) is 12.2 Å². The summed E-state index contributed by atoms with van der Waals surface area (Å²) < 4.78 is 10.1. The lowest BCUT2D eigenvalue weighted by molar-refractivity contribution is 0.373. The van der Waals surface area contributed by atoms with Crippen molar-refractivity contribution in [2.45, 2.75) is 0 Å². The molecule has 0 saturated carbocycles. The van der Waals surface area contributed by atoms with E-state index in [2.05, 4.69) is 11.5 Å². The minimum Gasteiger partial charge on any atom is -0.504 e. The van der Waals surface area contributed by atoms with E-state index in [0.717, 1.165) is 0 Å². The SMILES string of the molecule is COc1cccc(C=C=C=Cc2cccc(OC)c2O)c1O. The molecule has 2 aromatic rings. The third-order valence-corrected chi connectivity index (χ3v) is 3.04. The molecule has 0 aromatic heterocycles. The van der Waals surface area contributed by atoms with Crippen LogP contribution < -0.4 is 9.47 Å². The second kappa shape index (κ2) is 7.09. The van der Waals surface area contributed by atoms with Crippen LogP contribution in [-0.2, 0) is 0 Å². The van der Waals surface area contributed by atoms with Crippen LogP contribution >= 0.6 is 0 Å². The van der Waals surface area contributed by atoms with Crippen molar-refractivity contribution < 1.29 is 19.7 Å². The number of hydrogen-bond donors (Lipinski definition) is 2. The Morgan fingerprint density at radius 1 is 0.773 bits per heavy atom. The summed E-state index contributed by atoms with van der Waals surface area (Å²) in [5, 5.41) is 19.9. The van der Waals surface area contributed by atoms with Crippen LogP contribution in [0, 0.1) is 0 Å². The van der Waals surface area contributed by atoms with Gasteiger partial charge < -0.3 is 19.7 Å². The molecular formula is C18H16O4. The molecule has 0 bridgehead atoms. The van der Waals surface area contributed by atoms with Gasteiger partial charge >= 0.3 is 0 Å². The minimum absolute atomic E-state index is 0.0449. The molecule has 0 aliphatic carbocycles. The van der Waals surface area contributed by atoms with Crippen LogP contribution in [-0.4, -0.2) is 24.4 Å². The average Bonchev–Trinajstić information content (AvgIpc) is 2.54. The highest BCUT2D eigenvalue weighted by atomic mass is 16.5. The molecule has 4 nitrogen and oxygen atoms in total. The van der Waals surface area contributed by atoms with Crippen molar-refractivity contribution in [3.8, 4) is 23.0 Å². The summed E-state index contributed by atoms with van der Waals surface area (Å²) in [6.45, 7) is 0. The molecule has 0 aliphatic heterocycles. The lowest BCUT2D eigenvalue weighted by Crippen LogP contribution is -1.84. The Balaban J connectivity index is 2.32. The average molecular weight is 296 g/mol. The fourth-order valence-electron chi connectivity index (χ4n) is 1.88. The summed E-state index contributed by atoms with van der Waals surface area (Å²) in [5.41, 5.74) is 6.75. The van der Waals surface area contributed by atoms with Gasteiger partial charge in [0.2, 0.25) is 0 Å². The number of phenols is 2. The predicted molar refractivity (Wildman–Crippen MR) is 85.3 cm³/mol. The highest BCUT2D eigenvalue weighted by Crippen LogP contribution is 2.30. The molecule has 2 rings (SSSR count).